The van der Waals surface area contributed by atoms with Gasteiger partial charge in [0.05, 0.1) is 0 Å². The quantitative estimate of drug-likeness (QED) is 0.425. The predicted molar refractivity (Wildman–Crippen MR) is 23.9 cm³/mol. The van der Waals surface area contributed by atoms with E-state index in [2.05, 4.69) is 4.74 Å². The molecular weight excluding hydrogens is 184 g/mol. The van der Waals surface area contributed by atoms with E-state index in [0.29, 0.717) is 0 Å². The topological polar surface area (TPSA) is 87.1 Å². The number of ether oxygens (including phenoxy) is 1. The van der Waals surface area contributed by atoms with Gasteiger partial charge in [0.1, 0.15) is 0 Å². The fourth-order valence-electron chi connectivity index (χ4n) is 0.488. The van der Waals surface area contributed by atoms with Crippen LogP contribution in [-0.2, 0) is 31.4 Å². The van der Waals surface area contributed by atoms with Crippen LogP contribution in [0.15, 0.2) is 0 Å². The van der Waals surface area contributed by atoms with Crippen LogP contribution in [0, 0.1) is 0 Å². The van der Waals surface area contributed by atoms with Crippen molar-refractivity contribution in [1.29, 1.82) is 0 Å². The van der Waals surface area contributed by atoms with Crippen LogP contribution in [-0.4, -0.2) is 34.4 Å². The second kappa shape index (κ2) is 3.00. The van der Waals surface area contributed by atoms with Crippen LogP contribution in [0.5, 0.6) is 0 Å². The third-order valence-corrected chi connectivity index (χ3v) is 0.978. The van der Waals surface area contributed by atoms with Crippen molar-refractivity contribution >= 4 is 11.9 Å². The zero-order valence-electron chi connectivity index (χ0n) is 4.63. The van der Waals surface area contributed by atoms with Crippen molar-refractivity contribution in [2.45, 2.75) is 12.2 Å². The Balaban J connectivity index is 0.000000810. The van der Waals surface area contributed by atoms with Gasteiger partial charge in [-0.05, 0) is 0 Å². The van der Waals surface area contributed by atoms with Gasteiger partial charge in [0.15, 0.2) is 12.2 Å². The molecule has 0 bridgehead atoms. The third-order valence-electron chi connectivity index (χ3n) is 0.978. The fourth-order valence-corrected chi connectivity index (χ4v) is 0.488. The number of rotatable bonds is 2. The summed E-state index contributed by atoms with van der Waals surface area (Å²) in [6, 6.07) is 0. The Hall–Kier alpha value is -0.581. The van der Waals surface area contributed by atoms with E-state index >= 15 is 0 Å². The second-order valence-electron chi connectivity index (χ2n) is 1.65. The number of hydrogen-bond donors (Lipinski definition) is 2. The molecule has 1 saturated heterocycles. The summed E-state index contributed by atoms with van der Waals surface area (Å²) in [5, 5.41) is 16.2. The molecule has 1 heterocycles. The van der Waals surface area contributed by atoms with Crippen LogP contribution in [0.2, 0.25) is 0 Å². The molecule has 6 heteroatoms. The minimum atomic E-state index is -1.22. The zero-order chi connectivity index (χ0) is 7.02. The number of aliphatic carboxylic acids is 2. The Morgan fingerprint density at radius 1 is 1.10 bits per heavy atom. The standard InChI is InChI=1S/C4H4O5.Fe/c5-3(6)1-2(9-1)4(7)8;/h1-2H,(H,5,6)(H,7,8);. The number of hydrogen-bond acceptors (Lipinski definition) is 3. The van der Waals surface area contributed by atoms with Gasteiger partial charge in [-0.25, -0.2) is 9.59 Å². The molecular formula is C4H4FeO5. The van der Waals surface area contributed by atoms with Gasteiger partial charge in [-0.15, -0.1) is 0 Å². The fraction of sp³-hybridized carbons (Fsp3) is 0.500. The Labute approximate surface area is 66.4 Å². The van der Waals surface area contributed by atoms with E-state index in [1.54, 1.807) is 0 Å². The summed E-state index contributed by atoms with van der Waals surface area (Å²) in [4.78, 5) is 19.8. The monoisotopic (exact) mass is 188 g/mol. The first-order valence-corrected chi connectivity index (χ1v) is 2.24. The Kier molecular flexibility index (Phi) is 2.83. The Morgan fingerprint density at radius 2 is 1.40 bits per heavy atom. The molecule has 2 atom stereocenters. The smallest absolute Gasteiger partial charge is 0.336 e. The summed E-state index contributed by atoms with van der Waals surface area (Å²) in [6.45, 7) is 0. The summed E-state index contributed by atoms with van der Waals surface area (Å²) < 4.78 is 4.24. The summed E-state index contributed by atoms with van der Waals surface area (Å²) in [5.74, 6) is -2.44. The van der Waals surface area contributed by atoms with Gasteiger partial charge in [-0.3, -0.25) is 0 Å². The number of carboxylic acids is 2. The minimum Gasteiger partial charge on any atom is -0.479 e. The maximum absolute atomic E-state index is 9.89. The van der Waals surface area contributed by atoms with Crippen LogP contribution < -0.4 is 0 Å². The van der Waals surface area contributed by atoms with Crippen LogP contribution in [0.4, 0.5) is 0 Å². The molecule has 0 spiro atoms. The molecule has 5 nitrogen and oxygen atoms in total. The van der Waals surface area contributed by atoms with E-state index in [-0.39, 0.29) is 17.1 Å². The minimum absolute atomic E-state index is 0. The van der Waals surface area contributed by atoms with Crippen LogP contribution in [0.3, 0.4) is 0 Å². The summed E-state index contributed by atoms with van der Waals surface area (Å²) in [7, 11) is 0. The molecule has 0 aliphatic carbocycles. The Morgan fingerprint density at radius 3 is 1.50 bits per heavy atom. The van der Waals surface area contributed by atoms with Crippen LogP contribution >= 0.6 is 0 Å². The van der Waals surface area contributed by atoms with E-state index in [9.17, 15) is 9.59 Å². The molecule has 0 radical (unpaired) electrons. The van der Waals surface area contributed by atoms with E-state index in [0.717, 1.165) is 0 Å². The zero-order valence-corrected chi connectivity index (χ0v) is 5.73. The number of carboxylic acid groups (broad SMARTS) is 2. The van der Waals surface area contributed by atoms with Crippen molar-refractivity contribution in [2.75, 3.05) is 0 Å². The van der Waals surface area contributed by atoms with Crippen molar-refractivity contribution in [3.63, 3.8) is 0 Å². The first-order valence-electron chi connectivity index (χ1n) is 2.24. The normalized spacial score (nSPS) is 28.4. The first kappa shape index (κ1) is 9.42. The van der Waals surface area contributed by atoms with Crippen LogP contribution in [0.25, 0.3) is 0 Å². The van der Waals surface area contributed by atoms with Crippen molar-refractivity contribution in [1.82, 2.24) is 0 Å². The molecule has 58 valence electrons. The summed E-state index contributed by atoms with van der Waals surface area (Å²) in [5.41, 5.74) is 0. The van der Waals surface area contributed by atoms with Crippen molar-refractivity contribution in [3.8, 4) is 0 Å². The van der Waals surface area contributed by atoms with E-state index in [1.165, 1.54) is 0 Å². The maximum Gasteiger partial charge on any atom is 0.336 e. The molecule has 2 unspecified atom stereocenters. The molecule has 10 heavy (non-hydrogen) atoms. The molecule has 1 fully saturated rings. The molecule has 0 aromatic carbocycles. The number of carbonyl (C=O) groups is 2. The average Bonchev–Trinajstić information content (AvgIpc) is 2.39. The van der Waals surface area contributed by atoms with E-state index in [4.69, 9.17) is 10.2 Å². The van der Waals surface area contributed by atoms with Gasteiger partial charge in [0.25, 0.3) is 0 Å². The second-order valence-corrected chi connectivity index (χ2v) is 1.65. The third kappa shape index (κ3) is 1.70. The average molecular weight is 188 g/mol. The van der Waals surface area contributed by atoms with Gasteiger partial charge in [0.2, 0.25) is 0 Å². The van der Waals surface area contributed by atoms with Gasteiger partial charge >= 0.3 is 11.9 Å². The molecule has 2 N–H and O–H groups in total. The molecule has 1 aliphatic rings. The molecule has 0 aromatic rings. The van der Waals surface area contributed by atoms with Crippen LogP contribution in [0.1, 0.15) is 0 Å². The van der Waals surface area contributed by atoms with Gasteiger partial charge in [0, 0.05) is 17.1 Å². The summed E-state index contributed by atoms with van der Waals surface area (Å²) >= 11 is 0. The van der Waals surface area contributed by atoms with E-state index in [1.807, 2.05) is 0 Å². The van der Waals surface area contributed by atoms with E-state index < -0.39 is 24.1 Å². The van der Waals surface area contributed by atoms with Gasteiger partial charge in [-0.2, -0.15) is 0 Å². The van der Waals surface area contributed by atoms with Crippen molar-refractivity contribution in [3.05, 3.63) is 0 Å². The number of epoxide rings is 1. The SMILES string of the molecule is O=C(O)C1OC1C(=O)O.[Fe]. The Bertz CT molecular complexity index is 149. The van der Waals surface area contributed by atoms with Gasteiger partial charge in [-0.1, -0.05) is 0 Å². The molecule has 0 aromatic heterocycles. The van der Waals surface area contributed by atoms with Gasteiger partial charge < -0.3 is 14.9 Å². The van der Waals surface area contributed by atoms with Crippen molar-refractivity contribution in [2.24, 2.45) is 0 Å². The largest absolute Gasteiger partial charge is 0.479 e. The molecule has 0 saturated carbocycles. The summed E-state index contributed by atoms with van der Waals surface area (Å²) in [6.07, 6.45) is -2.25. The molecule has 1 rings (SSSR count). The predicted octanol–water partition coefficient (Wildman–Crippen LogP) is -1.08. The molecule has 1 aliphatic heterocycles. The molecule has 0 amide bonds. The van der Waals surface area contributed by atoms with Crippen molar-refractivity contribution < 1.29 is 41.6 Å². The maximum atomic E-state index is 9.89. The first-order chi connectivity index (χ1) is 4.13.